The number of aryl methyl sites for hydroxylation is 1. The summed E-state index contributed by atoms with van der Waals surface area (Å²) >= 11 is 0. The maximum absolute atomic E-state index is 12.8. The first kappa shape index (κ1) is 20.3. The van der Waals surface area contributed by atoms with Crippen molar-refractivity contribution in [3.8, 4) is 0 Å². The number of rotatable bonds is 6. The van der Waals surface area contributed by atoms with Gasteiger partial charge in [0.05, 0.1) is 25.5 Å². The molecule has 0 bridgehead atoms. The zero-order chi connectivity index (χ0) is 19.4. The highest BCUT2D eigenvalue weighted by atomic mass is 32.2. The summed E-state index contributed by atoms with van der Waals surface area (Å²) in [6.45, 7) is 5.49. The van der Waals surface area contributed by atoms with E-state index in [0.29, 0.717) is 32.7 Å². The Labute approximate surface area is 160 Å². The third-order valence-electron chi connectivity index (χ3n) is 5.23. The molecule has 2 fully saturated rings. The van der Waals surface area contributed by atoms with Crippen LogP contribution in [0, 0.1) is 6.92 Å². The molecule has 3 heterocycles. The van der Waals surface area contributed by atoms with Crippen molar-refractivity contribution in [2.24, 2.45) is 0 Å². The van der Waals surface area contributed by atoms with Gasteiger partial charge in [0.2, 0.25) is 15.9 Å². The predicted octanol–water partition coefficient (Wildman–Crippen LogP) is 0.892. The lowest BCUT2D eigenvalue weighted by molar-refractivity contribution is -0.126. The smallest absolute Gasteiger partial charge is 0.238 e. The Morgan fingerprint density at radius 3 is 2.63 bits per heavy atom. The molecule has 1 aromatic rings. The highest BCUT2D eigenvalue weighted by Crippen LogP contribution is 2.24. The summed E-state index contributed by atoms with van der Waals surface area (Å²) < 4.78 is 36.6. The fraction of sp³-hybridized carbons (Fsp3) is 0.722. The van der Waals surface area contributed by atoms with Crippen LogP contribution in [-0.4, -0.2) is 75.2 Å². The average molecular weight is 400 g/mol. The summed E-state index contributed by atoms with van der Waals surface area (Å²) in [6, 6.07) is 3.13. The highest BCUT2D eigenvalue weighted by Gasteiger charge is 2.35. The minimum atomic E-state index is -3.40. The Morgan fingerprint density at radius 2 is 2.00 bits per heavy atom. The summed E-state index contributed by atoms with van der Waals surface area (Å²) in [4.78, 5) is 15.0. The van der Waals surface area contributed by atoms with E-state index in [4.69, 9.17) is 9.15 Å². The Kier molecular flexibility index (Phi) is 6.56. The molecule has 152 valence electrons. The number of furan rings is 1. The summed E-state index contributed by atoms with van der Waals surface area (Å²) in [5.41, 5.74) is 0. The quantitative estimate of drug-likeness (QED) is 0.764. The Bertz CT molecular complexity index is 742. The number of morpholine rings is 1. The fourth-order valence-corrected chi connectivity index (χ4v) is 4.93. The van der Waals surface area contributed by atoms with Crippen LogP contribution in [0.3, 0.4) is 0 Å². The molecule has 8 nitrogen and oxygen atoms in total. The molecule has 0 aromatic carbocycles. The van der Waals surface area contributed by atoms with E-state index in [0.717, 1.165) is 37.5 Å². The van der Waals surface area contributed by atoms with Crippen molar-refractivity contribution in [3.63, 3.8) is 0 Å². The zero-order valence-corrected chi connectivity index (χ0v) is 16.8. The number of carbonyl (C=O) groups excluding carboxylic acids is 1. The first-order chi connectivity index (χ1) is 12.9. The highest BCUT2D eigenvalue weighted by molar-refractivity contribution is 7.88. The molecule has 9 heteroatoms. The van der Waals surface area contributed by atoms with Crippen LogP contribution in [-0.2, 0) is 19.6 Å². The van der Waals surface area contributed by atoms with Crippen LogP contribution in [0.1, 0.15) is 36.8 Å². The van der Waals surface area contributed by atoms with E-state index in [1.807, 2.05) is 19.1 Å². The maximum atomic E-state index is 12.8. The summed E-state index contributed by atoms with van der Waals surface area (Å²) in [7, 11) is -3.40. The average Bonchev–Trinajstić information content (AvgIpc) is 3.08. The first-order valence-corrected chi connectivity index (χ1v) is 11.3. The molecule has 3 rings (SSSR count). The molecule has 0 radical (unpaired) electrons. The van der Waals surface area contributed by atoms with Gasteiger partial charge in [-0.25, -0.2) is 8.42 Å². The molecule has 2 atom stereocenters. The van der Waals surface area contributed by atoms with Gasteiger partial charge in [-0.1, -0.05) is 6.42 Å². The molecule has 1 aromatic heterocycles. The lowest BCUT2D eigenvalue weighted by Crippen LogP contribution is -2.53. The van der Waals surface area contributed by atoms with Crippen molar-refractivity contribution < 1.29 is 22.4 Å². The topological polar surface area (TPSA) is 92.1 Å². The van der Waals surface area contributed by atoms with Crippen molar-refractivity contribution in [2.75, 3.05) is 45.6 Å². The van der Waals surface area contributed by atoms with Crippen LogP contribution in [0.2, 0.25) is 0 Å². The van der Waals surface area contributed by atoms with Gasteiger partial charge in [-0.15, -0.1) is 0 Å². The van der Waals surface area contributed by atoms with Gasteiger partial charge in [-0.05, 0) is 31.9 Å². The second kappa shape index (κ2) is 8.72. The van der Waals surface area contributed by atoms with Crippen molar-refractivity contribution in [3.05, 3.63) is 23.7 Å². The van der Waals surface area contributed by atoms with Gasteiger partial charge in [0, 0.05) is 26.2 Å². The lowest BCUT2D eigenvalue weighted by Gasteiger charge is -2.35. The molecule has 0 spiro atoms. The largest absolute Gasteiger partial charge is 0.465 e. The van der Waals surface area contributed by atoms with Crippen molar-refractivity contribution in [1.29, 1.82) is 0 Å². The second-order valence-electron chi connectivity index (χ2n) is 7.24. The fourth-order valence-electron chi connectivity index (χ4n) is 3.81. The van der Waals surface area contributed by atoms with Crippen molar-refractivity contribution in [1.82, 2.24) is 14.5 Å². The van der Waals surface area contributed by atoms with Gasteiger partial charge in [0.15, 0.2) is 0 Å². The van der Waals surface area contributed by atoms with Crippen LogP contribution in [0.5, 0.6) is 0 Å². The van der Waals surface area contributed by atoms with E-state index in [1.165, 1.54) is 10.6 Å². The van der Waals surface area contributed by atoms with E-state index in [2.05, 4.69) is 10.2 Å². The first-order valence-electron chi connectivity index (χ1n) is 9.49. The zero-order valence-electron chi connectivity index (χ0n) is 16.0. The van der Waals surface area contributed by atoms with Crippen LogP contribution < -0.4 is 5.32 Å². The van der Waals surface area contributed by atoms with Gasteiger partial charge in [0.25, 0.3) is 0 Å². The lowest BCUT2D eigenvalue weighted by atomic mass is 10.0. The van der Waals surface area contributed by atoms with Crippen LogP contribution in [0.4, 0.5) is 0 Å². The number of nitrogens with one attached hydrogen (secondary N) is 1. The molecule has 2 saturated heterocycles. The minimum Gasteiger partial charge on any atom is -0.465 e. The standard InChI is InChI=1S/C18H29N3O5S/c1-14-6-7-17(26-14)16(20-9-11-25-12-10-20)13-19-18(22)15-5-3-4-8-21(15)27(2,23)24/h6-7,15-16H,3-5,8-13H2,1-2H3,(H,19,22). The molecule has 1 N–H and O–H groups in total. The monoisotopic (exact) mass is 399 g/mol. The van der Waals surface area contributed by atoms with Crippen molar-refractivity contribution in [2.45, 2.75) is 38.3 Å². The van der Waals surface area contributed by atoms with Gasteiger partial charge >= 0.3 is 0 Å². The van der Waals surface area contributed by atoms with E-state index >= 15 is 0 Å². The third-order valence-corrected chi connectivity index (χ3v) is 6.52. The van der Waals surface area contributed by atoms with E-state index in [9.17, 15) is 13.2 Å². The Balaban J connectivity index is 1.69. The number of amides is 1. The van der Waals surface area contributed by atoms with E-state index in [1.54, 1.807) is 0 Å². The minimum absolute atomic E-state index is 0.0955. The van der Waals surface area contributed by atoms with Gasteiger partial charge < -0.3 is 14.5 Å². The van der Waals surface area contributed by atoms with E-state index < -0.39 is 16.1 Å². The maximum Gasteiger partial charge on any atom is 0.238 e. The number of ether oxygens (including phenoxy) is 1. The molecule has 2 aliphatic heterocycles. The summed E-state index contributed by atoms with van der Waals surface area (Å²) in [5.74, 6) is 1.39. The molecular formula is C18H29N3O5S. The van der Waals surface area contributed by atoms with Gasteiger partial charge in [-0.2, -0.15) is 4.31 Å². The number of piperidine rings is 1. The molecule has 27 heavy (non-hydrogen) atoms. The Hall–Kier alpha value is -1.42. The third kappa shape index (κ3) is 5.10. The molecule has 0 saturated carbocycles. The Morgan fingerprint density at radius 1 is 1.26 bits per heavy atom. The van der Waals surface area contributed by atoms with Crippen LogP contribution in [0.15, 0.2) is 16.5 Å². The van der Waals surface area contributed by atoms with Gasteiger partial charge in [0.1, 0.15) is 17.6 Å². The molecule has 2 unspecified atom stereocenters. The second-order valence-corrected chi connectivity index (χ2v) is 9.18. The summed E-state index contributed by atoms with van der Waals surface area (Å²) in [5, 5.41) is 2.97. The number of nitrogens with zero attached hydrogens (tertiary/aromatic N) is 2. The van der Waals surface area contributed by atoms with Crippen molar-refractivity contribution >= 4 is 15.9 Å². The predicted molar refractivity (Wildman–Crippen MR) is 101 cm³/mol. The number of hydrogen-bond acceptors (Lipinski definition) is 6. The number of carbonyl (C=O) groups is 1. The van der Waals surface area contributed by atoms with Gasteiger partial charge in [-0.3, -0.25) is 9.69 Å². The molecular weight excluding hydrogens is 370 g/mol. The van der Waals surface area contributed by atoms with Crippen LogP contribution in [0.25, 0.3) is 0 Å². The molecule has 2 aliphatic rings. The molecule has 1 amide bonds. The normalized spacial score (nSPS) is 23.9. The number of hydrogen-bond donors (Lipinski definition) is 1. The number of sulfonamides is 1. The van der Waals surface area contributed by atoms with Crippen LogP contribution >= 0.6 is 0 Å². The summed E-state index contributed by atoms with van der Waals surface area (Å²) in [6.07, 6.45) is 3.37. The SMILES string of the molecule is Cc1ccc(C(CNC(=O)C2CCCCN2S(C)(=O)=O)N2CCOCC2)o1. The van der Waals surface area contributed by atoms with E-state index in [-0.39, 0.29) is 11.9 Å². The molecule has 0 aliphatic carbocycles.